The zero-order valence-electron chi connectivity index (χ0n) is 13.7. The molecule has 1 aliphatic heterocycles. The van der Waals surface area contributed by atoms with Gasteiger partial charge in [0.2, 0.25) is 15.0 Å². The number of pyridine rings is 1. The third-order valence-electron chi connectivity index (χ3n) is 3.46. The van der Waals surface area contributed by atoms with Crippen molar-refractivity contribution in [3.63, 3.8) is 0 Å². The van der Waals surface area contributed by atoms with Crippen LogP contribution in [0.25, 0.3) is 6.08 Å². The van der Waals surface area contributed by atoms with Gasteiger partial charge < -0.3 is 0 Å². The number of carbonyl (C=O) groups excluding carboxylic acids is 2. The maximum Gasteiger partial charge on any atom is 0.293 e. The van der Waals surface area contributed by atoms with E-state index >= 15 is 0 Å². The van der Waals surface area contributed by atoms with Gasteiger partial charge in [0.05, 0.1) is 10.6 Å². The fourth-order valence-electron chi connectivity index (χ4n) is 2.21. The zero-order chi connectivity index (χ0) is 18.7. The van der Waals surface area contributed by atoms with Crippen molar-refractivity contribution in [2.75, 3.05) is 12.8 Å². The van der Waals surface area contributed by atoms with E-state index in [1.165, 1.54) is 18.3 Å². The van der Waals surface area contributed by atoms with Gasteiger partial charge >= 0.3 is 0 Å². The molecule has 3 rings (SSSR count). The van der Waals surface area contributed by atoms with Crippen LogP contribution in [0, 0.1) is 0 Å². The van der Waals surface area contributed by atoms with Crippen molar-refractivity contribution in [3.05, 3.63) is 53.0 Å². The first-order valence-corrected chi connectivity index (χ1v) is 10.2. The lowest BCUT2D eigenvalue weighted by molar-refractivity contribution is -0.122. The van der Waals surface area contributed by atoms with E-state index in [9.17, 15) is 18.0 Å². The van der Waals surface area contributed by atoms with Gasteiger partial charge in [-0.25, -0.2) is 18.4 Å². The Labute approximate surface area is 154 Å². The first-order valence-electron chi connectivity index (χ1n) is 7.53. The molecule has 8 nitrogen and oxygen atoms in total. The van der Waals surface area contributed by atoms with Crippen molar-refractivity contribution in [3.8, 4) is 0 Å². The van der Waals surface area contributed by atoms with Crippen LogP contribution in [0.4, 0.5) is 4.79 Å². The summed E-state index contributed by atoms with van der Waals surface area (Å²) in [4.78, 5) is 37.7. The number of hydrogen-bond acceptors (Lipinski definition) is 8. The number of amides is 2. The SMILES string of the molecule is CS(=O)(=O)c1nccc(/C=C2\SC(=O)N(CCc3ccccn3)C2=O)n1. The van der Waals surface area contributed by atoms with Crippen molar-refractivity contribution in [1.82, 2.24) is 19.9 Å². The molecule has 2 amide bonds. The lowest BCUT2D eigenvalue weighted by Crippen LogP contribution is -2.30. The molecule has 1 fully saturated rings. The number of carbonyl (C=O) groups is 2. The summed E-state index contributed by atoms with van der Waals surface area (Å²) >= 11 is 0.793. The smallest absolute Gasteiger partial charge is 0.268 e. The van der Waals surface area contributed by atoms with E-state index in [0.29, 0.717) is 6.42 Å². The molecule has 26 heavy (non-hydrogen) atoms. The standard InChI is InChI=1S/C16H14N4O4S2/c1-26(23,24)15-18-8-5-12(19-15)10-13-14(21)20(16(22)25-13)9-6-11-4-2-3-7-17-11/h2-5,7-8,10H,6,9H2,1H3/b13-10-. The maximum absolute atomic E-state index is 12.5. The Bertz CT molecular complexity index is 990. The molecule has 0 aromatic carbocycles. The number of sulfone groups is 1. The topological polar surface area (TPSA) is 110 Å². The number of thioether (sulfide) groups is 1. The Morgan fingerprint density at radius 1 is 1.15 bits per heavy atom. The zero-order valence-corrected chi connectivity index (χ0v) is 15.3. The Balaban J connectivity index is 1.77. The van der Waals surface area contributed by atoms with Gasteiger partial charge in [-0.05, 0) is 36.0 Å². The molecule has 0 saturated carbocycles. The molecule has 2 aromatic rings. The van der Waals surface area contributed by atoms with Gasteiger partial charge in [0, 0.05) is 37.3 Å². The minimum atomic E-state index is -3.56. The van der Waals surface area contributed by atoms with Gasteiger partial charge in [-0.1, -0.05) is 6.07 Å². The first-order chi connectivity index (χ1) is 12.3. The molecule has 3 heterocycles. The van der Waals surface area contributed by atoms with Gasteiger partial charge in [-0.2, -0.15) is 0 Å². The summed E-state index contributed by atoms with van der Waals surface area (Å²) in [6.45, 7) is 0.220. The lowest BCUT2D eigenvalue weighted by Gasteiger charge is -2.11. The summed E-state index contributed by atoms with van der Waals surface area (Å²) in [5.74, 6) is -0.435. The summed E-state index contributed by atoms with van der Waals surface area (Å²) < 4.78 is 23.0. The minimum Gasteiger partial charge on any atom is -0.268 e. The molecule has 1 aliphatic rings. The fourth-order valence-corrected chi connectivity index (χ4v) is 3.59. The van der Waals surface area contributed by atoms with Crippen LogP contribution >= 0.6 is 11.8 Å². The van der Waals surface area contributed by atoms with E-state index < -0.39 is 15.7 Å². The molecule has 0 bridgehead atoms. The number of rotatable bonds is 5. The van der Waals surface area contributed by atoms with Crippen molar-refractivity contribution in [1.29, 1.82) is 0 Å². The largest absolute Gasteiger partial charge is 0.293 e. The van der Waals surface area contributed by atoms with Gasteiger partial charge in [0.1, 0.15) is 0 Å². The highest BCUT2D eigenvalue weighted by molar-refractivity contribution is 8.18. The molecule has 0 aliphatic carbocycles. The number of nitrogens with zero attached hydrogens (tertiary/aromatic N) is 4. The van der Waals surface area contributed by atoms with E-state index in [4.69, 9.17) is 0 Å². The molecule has 1 saturated heterocycles. The predicted molar refractivity (Wildman–Crippen MR) is 95.8 cm³/mol. The summed E-state index contributed by atoms with van der Waals surface area (Å²) in [6, 6.07) is 6.92. The van der Waals surface area contributed by atoms with Gasteiger partial charge in [0.25, 0.3) is 11.1 Å². The van der Waals surface area contributed by atoms with Gasteiger partial charge in [-0.3, -0.25) is 19.5 Å². The monoisotopic (exact) mass is 390 g/mol. The predicted octanol–water partition coefficient (Wildman–Crippen LogP) is 1.55. The van der Waals surface area contributed by atoms with Crippen LogP contribution < -0.4 is 0 Å². The number of hydrogen-bond donors (Lipinski definition) is 0. The maximum atomic E-state index is 12.5. The van der Waals surface area contributed by atoms with Crippen molar-refractivity contribution in [2.24, 2.45) is 0 Å². The highest BCUT2D eigenvalue weighted by Gasteiger charge is 2.34. The van der Waals surface area contributed by atoms with Crippen LogP contribution in [0.2, 0.25) is 0 Å². The van der Waals surface area contributed by atoms with E-state index in [1.54, 1.807) is 12.3 Å². The average molecular weight is 390 g/mol. The summed E-state index contributed by atoms with van der Waals surface area (Å²) in [7, 11) is -3.56. The van der Waals surface area contributed by atoms with Crippen LogP contribution in [0.3, 0.4) is 0 Å². The lowest BCUT2D eigenvalue weighted by atomic mass is 10.2. The molecule has 0 atom stereocenters. The summed E-state index contributed by atoms with van der Waals surface area (Å²) in [5, 5.41) is -0.713. The Morgan fingerprint density at radius 2 is 1.96 bits per heavy atom. The molecule has 2 aromatic heterocycles. The molecule has 0 radical (unpaired) electrons. The van der Waals surface area contributed by atoms with E-state index in [1.807, 2.05) is 12.1 Å². The second-order valence-electron chi connectivity index (χ2n) is 5.44. The highest BCUT2D eigenvalue weighted by Crippen LogP contribution is 2.32. The van der Waals surface area contributed by atoms with Crippen LogP contribution in [-0.2, 0) is 21.1 Å². The normalized spacial score (nSPS) is 16.5. The Hall–Kier alpha value is -2.59. The second kappa shape index (κ2) is 7.34. The van der Waals surface area contributed by atoms with Crippen molar-refractivity contribution in [2.45, 2.75) is 11.6 Å². The van der Waals surface area contributed by atoms with Crippen LogP contribution in [0.1, 0.15) is 11.4 Å². The van der Waals surface area contributed by atoms with Crippen molar-refractivity contribution >= 4 is 38.8 Å². The molecular formula is C16H14N4O4S2. The minimum absolute atomic E-state index is 0.189. The summed E-state index contributed by atoms with van der Waals surface area (Å²) in [5.41, 5.74) is 1.03. The van der Waals surface area contributed by atoms with E-state index in [-0.39, 0.29) is 27.5 Å². The molecular weight excluding hydrogens is 376 g/mol. The molecule has 0 N–H and O–H groups in total. The fraction of sp³-hybridized carbons (Fsp3) is 0.188. The second-order valence-corrected chi connectivity index (χ2v) is 8.34. The van der Waals surface area contributed by atoms with E-state index in [0.717, 1.165) is 28.6 Å². The summed E-state index contributed by atoms with van der Waals surface area (Å²) in [6.07, 6.45) is 5.79. The molecule has 0 unspecified atom stereocenters. The number of aromatic nitrogens is 3. The third-order valence-corrected chi connectivity index (χ3v) is 5.22. The van der Waals surface area contributed by atoms with Crippen LogP contribution in [0.15, 0.2) is 46.7 Å². The molecule has 0 spiro atoms. The average Bonchev–Trinajstić information content (AvgIpc) is 2.87. The van der Waals surface area contributed by atoms with Crippen molar-refractivity contribution < 1.29 is 18.0 Å². The van der Waals surface area contributed by atoms with Gasteiger partial charge in [0.15, 0.2) is 0 Å². The third kappa shape index (κ3) is 4.14. The Kier molecular flexibility index (Phi) is 5.14. The van der Waals surface area contributed by atoms with Gasteiger partial charge in [-0.15, -0.1) is 0 Å². The van der Waals surface area contributed by atoms with Crippen LogP contribution in [0.5, 0.6) is 0 Å². The number of imide groups is 1. The molecule has 134 valence electrons. The van der Waals surface area contributed by atoms with Crippen LogP contribution in [-0.4, -0.2) is 52.2 Å². The Morgan fingerprint density at radius 3 is 2.65 bits per heavy atom. The van der Waals surface area contributed by atoms with E-state index in [2.05, 4.69) is 15.0 Å². The molecule has 10 heteroatoms. The highest BCUT2D eigenvalue weighted by atomic mass is 32.2. The first kappa shape index (κ1) is 18.2. The quantitative estimate of drug-likeness (QED) is 0.559.